The van der Waals surface area contributed by atoms with Crippen LogP contribution in [0.1, 0.15) is 76.5 Å². The van der Waals surface area contributed by atoms with Crippen LogP contribution in [0.3, 0.4) is 0 Å². The van der Waals surface area contributed by atoms with Gasteiger partial charge in [0, 0.05) is 28.4 Å². The molecule has 1 saturated carbocycles. The monoisotopic (exact) mass is 420 g/mol. The van der Waals surface area contributed by atoms with Crippen molar-refractivity contribution in [3.05, 3.63) is 16.3 Å². The zero-order valence-electron chi connectivity index (χ0n) is 17.2. The van der Waals surface area contributed by atoms with Gasteiger partial charge in [0.1, 0.15) is 0 Å². The highest BCUT2D eigenvalue weighted by molar-refractivity contribution is 7.99. The summed E-state index contributed by atoms with van der Waals surface area (Å²) in [5, 5.41) is 15.1. The number of hydrogen-bond acceptors (Lipinski definition) is 5. The number of thiophene rings is 1. The van der Waals surface area contributed by atoms with E-state index in [1.54, 1.807) is 11.3 Å². The van der Waals surface area contributed by atoms with E-state index in [4.69, 9.17) is 0 Å². The number of aromatic nitrogens is 3. The molecule has 0 aliphatic heterocycles. The fraction of sp³-hybridized carbons (Fsp3) is 0.667. The molecule has 5 nitrogen and oxygen atoms in total. The molecule has 0 spiro atoms. The first-order valence-corrected chi connectivity index (χ1v) is 12.4. The Kier molecular flexibility index (Phi) is 7.97. The van der Waals surface area contributed by atoms with E-state index in [0.29, 0.717) is 17.7 Å². The molecular formula is C21H32N4OS2. The number of nitrogens with zero attached hydrogens (tertiary/aromatic N) is 3. The standard InChI is InChI=1S/C21H32N4OS2/c1-4-11-25-20(16-12-18(15(2)3)27-13-16)23-24-21(25)28-14-19(26)22-17-9-7-5-6-8-10-17/h12-13,15,17H,4-11,14H2,1-3H3,(H,22,26). The maximum Gasteiger partial charge on any atom is 0.230 e. The molecule has 2 aromatic heterocycles. The molecule has 1 N–H and O–H groups in total. The Hall–Kier alpha value is -1.34. The van der Waals surface area contributed by atoms with Gasteiger partial charge >= 0.3 is 0 Å². The first-order chi connectivity index (χ1) is 13.6. The second-order valence-corrected chi connectivity index (χ2v) is 9.78. The lowest BCUT2D eigenvalue weighted by Crippen LogP contribution is -2.35. The van der Waals surface area contributed by atoms with Crippen molar-refractivity contribution in [3.63, 3.8) is 0 Å². The molecule has 0 saturated heterocycles. The van der Waals surface area contributed by atoms with Crippen molar-refractivity contribution in [2.45, 2.75) is 89.4 Å². The van der Waals surface area contributed by atoms with Crippen LogP contribution in [0.15, 0.2) is 16.6 Å². The Labute approximate surface area is 176 Å². The molecule has 2 aromatic rings. The van der Waals surface area contributed by atoms with Crippen LogP contribution in [0.4, 0.5) is 0 Å². The minimum absolute atomic E-state index is 0.113. The molecule has 1 fully saturated rings. The van der Waals surface area contributed by atoms with Gasteiger partial charge in [-0.25, -0.2) is 0 Å². The summed E-state index contributed by atoms with van der Waals surface area (Å²) in [6, 6.07) is 2.57. The minimum atomic E-state index is 0.113. The summed E-state index contributed by atoms with van der Waals surface area (Å²) >= 11 is 3.27. The van der Waals surface area contributed by atoms with Gasteiger partial charge in [-0.1, -0.05) is 58.2 Å². The first kappa shape index (κ1) is 21.4. The van der Waals surface area contributed by atoms with Gasteiger partial charge in [0.25, 0.3) is 0 Å². The summed E-state index contributed by atoms with van der Waals surface area (Å²) in [6.07, 6.45) is 8.28. The zero-order valence-corrected chi connectivity index (χ0v) is 18.9. The number of thioether (sulfide) groups is 1. The summed E-state index contributed by atoms with van der Waals surface area (Å²) in [4.78, 5) is 13.8. The molecule has 0 radical (unpaired) electrons. The number of carbonyl (C=O) groups excluding carboxylic acids is 1. The third-order valence-electron chi connectivity index (χ3n) is 5.16. The van der Waals surface area contributed by atoms with Crippen LogP contribution in [-0.2, 0) is 11.3 Å². The number of nitrogens with one attached hydrogen (secondary N) is 1. The fourth-order valence-electron chi connectivity index (χ4n) is 3.63. The highest BCUT2D eigenvalue weighted by Crippen LogP contribution is 2.31. The van der Waals surface area contributed by atoms with Crippen LogP contribution >= 0.6 is 23.1 Å². The maximum atomic E-state index is 12.4. The van der Waals surface area contributed by atoms with E-state index in [2.05, 4.69) is 52.3 Å². The fourth-order valence-corrected chi connectivity index (χ4v) is 5.31. The topological polar surface area (TPSA) is 59.8 Å². The Morgan fingerprint density at radius 3 is 2.68 bits per heavy atom. The van der Waals surface area contributed by atoms with Crippen LogP contribution in [-0.4, -0.2) is 32.5 Å². The van der Waals surface area contributed by atoms with E-state index in [1.165, 1.54) is 42.3 Å². The summed E-state index contributed by atoms with van der Waals surface area (Å²) < 4.78 is 2.16. The second-order valence-electron chi connectivity index (χ2n) is 7.89. The van der Waals surface area contributed by atoms with Gasteiger partial charge in [0.05, 0.1) is 5.75 Å². The van der Waals surface area contributed by atoms with E-state index in [1.807, 2.05) is 0 Å². The summed E-state index contributed by atoms with van der Waals surface area (Å²) in [7, 11) is 0. The molecule has 0 bridgehead atoms. The molecular weight excluding hydrogens is 388 g/mol. The highest BCUT2D eigenvalue weighted by Gasteiger charge is 2.19. The smallest absolute Gasteiger partial charge is 0.230 e. The lowest BCUT2D eigenvalue weighted by molar-refractivity contribution is -0.119. The molecule has 28 heavy (non-hydrogen) atoms. The Balaban J connectivity index is 1.64. The lowest BCUT2D eigenvalue weighted by atomic mass is 10.1. The minimum Gasteiger partial charge on any atom is -0.353 e. The van der Waals surface area contributed by atoms with Crippen LogP contribution in [0.25, 0.3) is 11.4 Å². The van der Waals surface area contributed by atoms with Crippen molar-refractivity contribution in [1.82, 2.24) is 20.1 Å². The normalized spacial score (nSPS) is 15.7. The van der Waals surface area contributed by atoms with E-state index in [0.717, 1.165) is 42.4 Å². The van der Waals surface area contributed by atoms with E-state index in [-0.39, 0.29) is 5.91 Å². The molecule has 7 heteroatoms. The third-order valence-corrected chi connectivity index (χ3v) is 7.36. The van der Waals surface area contributed by atoms with Crippen LogP contribution in [0.5, 0.6) is 0 Å². The maximum absolute atomic E-state index is 12.4. The van der Waals surface area contributed by atoms with Gasteiger partial charge in [-0.05, 0) is 31.2 Å². The van der Waals surface area contributed by atoms with Crippen molar-refractivity contribution in [2.75, 3.05) is 5.75 Å². The predicted molar refractivity (Wildman–Crippen MR) is 118 cm³/mol. The van der Waals surface area contributed by atoms with Gasteiger partial charge in [-0.15, -0.1) is 21.5 Å². The number of rotatable bonds is 8. The first-order valence-electron chi connectivity index (χ1n) is 10.5. The Morgan fingerprint density at radius 1 is 1.29 bits per heavy atom. The second kappa shape index (κ2) is 10.4. The summed E-state index contributed by atoms with van der Waals surface area (Å²) in [6.45, 7) is 7.44. The molecule has 0 aromatic carbocycles. The molecule has 0 atom stereocenters. The van der Waals surface area contributed by atoms with Crippen molar-refractivity contribution in [1.29, 1.82) is 0 Å². The van der Waals surface area contributed by atoms with Crippen molar-refractivity contribution >= 4 is 29.0 Å². The molecule has 154 valence electrons. The summed E-state index contributed by atoms with van der Waals surface area (Å²) in [5.74, 6) is 1.95. The van der Waals surface area contributed by atoms with Gasteiger partial charge in [-0.3, -0.25) is 4.79 Å². The molecule has 3 rings (SSSR count). The largest absolute Gasteiger partial charge is 0.353 e. The van der Waals surface area contributed by atoms with Gasteiger partial charge in [0.15, 0.2) is 11.0 Å². The third kappa shape index (κ3) is 5.60. The quantitative estimate of drug-likeness (QED) is 0.454. The van der Waals surface area contributed by atoms with E-state index in [9.17, 15) is 4.79 Å². The van der Waals surface area contributed by atoms with Crippen molar-refractivity contribution in [2.24, 2.45) is 0 Å². The molecule has 1 aliphatic carbocycles. The van der Waals surface area contributed by atoms with E-state index < -0.39 is 0 Å². The molecule has 1 aliphatic rings. The molecule has 2 heterocycles. The average molecular weight is 421 g/mol. The average Bonchev–Trinajstić information content (AvgIpc) is 3.22. The van der Waals surface area contributed by atoms with Gasteiger partial charge in [0.2, 0.25) is 5.91 Å². The SMILES string of the molecule is CCCn1c(SCC(=O)NC2CCCCCC2)nnc1-c1csc(C(C)C)c1. The van der Waals surface area contributed by atoms with Gasteiger partial charge < -0.3 is 9.88 Å². The predicted octanol–water partition coefficient (Wildman–Crippen LogP) is 5.47. The van der Waals surface area contributed by atoms with Crippen molar-refractivity contribution < 1.29 is 4.79 Å². The highest BCUT2D eigenvalue weighted by atomic mass is 32.2. The van der Waals surface area contributed by atoms with Crippen LogP contribution < -0.4 is 5.32 Å². The van der Waals surface area contributed by atoms with Crippen molar-refractivity contribution in [3.8, 4) is 11.4 Å². The Bertz CT molecular complexity index is 760. The van der Waals surface area contributed by atoms with E-state index >= 15 is 0 Å². The number of carbonyl (C=O) groups is 1. The number of amides is 1. The molecule has 0 unspecified atom stereocenters. The van der Waals surface area contributed by atoms with Gasteiger partial charge in [-0.2, -0.15) is 0 Å². The lowest BCUT2D eigenvalue weighted by Gasteiger charge is -2.16. The molecule has 1 amide bonds. The summed E-state index contributed by atoms with van der Waals surface area (Å²) in [5.41, 5.74) is 1.13. The Morgan fingerprint density at radius 2 is 2.04 bits per heavy atom. The van der Waals surface area contributed by atoms with Crippen LogP contribution in [0.2, 0.25) is 0 Å². The zero-order chi connectivity index (χ0) is 19.9. The van der Waals surface area contributed by atoms with Crippen LogP contribution in [0, 0.1) is 0 Å². The number of hydrogen-bond donors (Lipinski definition) is 1.